The Bertz CT molecular complexity index is 1260. The molecule has 0 fully saturated rings. The lowest BCUT2D eigenvalue weighted by Crippen LogP contribution is -2.40. The van der Waals surface area contributed by atoms with Gasteiger partial charge in [0, 0.05) is 27.2 Å². The van der Waals surface area contributed by atoms with Crippen LogP contribution in [-0.4, -0.2) is 4.98 Å². The van der Waals surface area contributed by atoms with Crippen molar-refractivity contribution in [2.45, 2.75) is 54.4 Å². The van der Waals surface area contributed by atoms with Gasteiger partial charge in [0.15, 0.2) is 0 Å². The Balaban J connectivity index is 1.86. The molecule has 0 bridgehead atoms. The SMILES string of the molecule is Cc1c2c(c(C)c3c1sc1c(-c4ccccc4)nccc13)CC(C)(C)C(C)(C)C2. The van der Waals surface area contributed by atoms with E-state index in [1.165, 1.54) is 36.9 Å². The molecule has 29 heavy (non-hydrogen) atoms. The van der Waals surface area contributed by atoms with Gasteiger partial charge in [-0.3, -0.25) is 4.98 Å². The third-order valence-corrected chi connectivity index (χ3v) is 9.04. The first-order chi connectivity index (χ1) is 13.7. The summed E-state index contributed by atoms with van der Waals surface area (Å²) in [5.74, 6) is 0. The maximum atomic E-state index is 4.79. The Morgan fingerprint density at radius 1 is 0.793 bits per heavy atom. The second kappa shape index (κ2) is 6.15. The fraction of sp³-hybridized carbons (Fsp3) is 0.370. The van der Waals surface area contributed by atoms with Crippen LogP contribution in [0.25, 0.3) is 31.4 Å². The summed E-state index contributed by atoms with van der Waals surface area (Å²) in [6, 6.07) is 12.8. The third-order valence-electron chi connectivity index (χ3n) is 7.71. The van der Waals surface area contributed by atoms with Crippen molar-refractivity contribution >= 4 is 31.5 Å². The molecule has 0 saturated carbocycles. The van der Waals surface area contributed by atoms with E-state index in [-0.39, 0.29) is 0 Å². The van der Waals surface area contributed by atoms with Crippen LogP contribution in [0, 0.1) is 24.7 Å². The van der Waals surface area contributed by atoms with Gasteiger partial charge in [-0.2, -0.15) is 0 Å². The van der Waals surface area contributed by atoms with Crippen molar-refractivity contribution in [3.63, 3.8) is 0 Å². The van der Waals surface area contributed by atoms with E-state index in [1.807, 2.05) is 17.5 Å². The molecular formula is C27H29NS. The van der Waals surface area contributed by atoms with Crippen LogP contribution in [0.4, 0.5) is 0 Å². The van der Waals surface area contributed by atoms with Gasteiger partial charge >= 0.3 is 0 Å². The van der Waals surface area contributed by atoms with Crippen LogP contribution in [0.1, 0.15) is 49.9 Å². The first kappa shape index (κ1) is 18.8. The largest absolute Gasteiger partial charge is 0.255 e. The fourth-order valence-corrected chi connectivity index (χ4v) is 6.44. The molecule has 0 aliphatic heterocycles. The number of nitrogens with zero attached hydrogens (tertiary/aromatic N) is 1. The molecule has 0 spiro atoms. The van der Waals surface area contributed by atoms with Crippen LogP contribution in [-0.2, 0) is 12.8 Å². The number of hydrogen-bond donors (Lipinski definition) is 0. The predicted octanol–water partition coefficient (Wildman–Crippen LogP) is 7.88. The van der Waals surface area contributed by atoms with E-state index < -0.39 is 0 Å². The Kier molecular flexibility index (Phi) is 3.99. The molecule has 2 aromatic carbocycles. The minimum Gasteiger partial charge on any atom is -0.255 e. The van der Waals surface area contributed by atoms with Gasteiger partial charge in [0.2, 0.25) is 0 Å². The standard InChI is InChI=1S/C27H29NS/c1-16-20-14-26(3,4)27(5,6)15-21(20)17(2)24-22(16)19-12-13-28-23(25(19)29-24)18-10-8-7-9-11-18/h7-13H,14-15H2,1-6H3. The van der Waals surface area contributed by atoms with Gasteiger partial charge in [-0.15, -0.1) is 11.3 Å². The minimum atomic E-state index is 0.299. The number of hydrogen-bond acceptors (Lipinski definition) is 2. The molecule has 0 N–H and O–H groups in total. The molecule has 2 heteroatoms. The summed E-state index contributed by atoms with van der Waals surface area (Å²) in [6.07, 6.45) is 4.31. The lowest BCUT2D eigenvalue weighted by atomic mass is 9.57. The molecule has 0 unspecified atom stereocenters. The Hall–Kier alpha value is -2.19. The first-order valence-corrected chi connectivity index (χ1v) is 11.4. The normalized spacial score (nSPS) is 17.6. The van der Waals surface area contributed by atoms with Crippen molar-refractivity contribution in [1.82, 2.24) is 4.98 Å². The monoisotopic (exact) mass is 399 g/mol. The number of rotatable bonds is 1. The summed E-state index contributed by atoms with van der Waals surface area (Å²) in [7, 11) is 0. The molecule has 1 aliphatic carbocycles. The smallest absolute Gasteiger partial charge is 0.0880 e. The van der Waals surface area contributed by atoms with Crippen LogP contribution in [0.15, 0.2) is 42.6 Å². The third kappa shape index (κ3) is 2.61. The minimum absolute atomic E-state index is 0.299. The summed E-state index contributed by atoms with van der Waals surface area (Å²) in [6.45, 7) is 14.5. The van der Waals surface area contributed by atoms with Crippen molar-refractivity contribution in [3.05, 3.63) is 64.8 Å². The molecule has 148 valence electrons. The lowest BCUT2D eigenvalue weighted by molar-refractivity contribution is 0.0961. The van der Waals surface area contributed by atoms with Crippen LogP contribution in [0.3, 0.4) is 0 Å². The quantitative estimate of drug-likeness (QED) is 0.317. The van der Waals surface area contributed by atoms with Crippen LogP contribution in [0.2, 0.25) is 0 Å². The van der Waals surface area contributed by atoms with Crippen LogP contribution >= 0.6 is 11.3 Å². The molecule has 1 aliphatic rings. The molecule has 2 heterocycles. The summed E-state index contributed by atoms with van der Waals surface area (Å²) in [4.78, 5) is 4.79. The zero-order valence-electron chi connectivity index (χ0n) is 18.3. The van der Waals surface area contributed by atoms with E-state index in [1.54, 1.807) is 11.1 Å². The van der Waals surface area contributed by atoms with Crippen molar-refractivity contribution in [3.8, 4) is 11.3 Å². The molecule has 4 aromatic rings. The number of benzene rings is 2. The molecule has 0 amide bonds. The van der Waals surface area contributed by atoms with Gasteiger partial charge in [-0.25, -0.2) is 0 Å². The van der Waals surface area contributed by atoms with E-state index in [9.17, 15) is 0 Å². The van der Waals surface area contributed by atoms with Gasteiger partial charge in [0.25, 0.3) is 0 Å². The van der Waals surface area contributed by atoms with E-state index in [2.05, 4.69) is 77.9 Å². The Labute approximate surface area is 177 Å². The highest BCUT2D eigenvalue weighted by Crippen LogP contribution is 2.52. The molecule has 0 atom stereocenters. The molecule has 1 nitrogen and oxygen atoms in total. The molecule has 0 radical (unpaired) electrons. The maximum Gasteiger partial charge on any atom is 0.0880 e. The van der Waals surface area contributed by atoms with E-state index >= 15 is 0 Å². The summed E-state index contributed by atoms with van der Waals surface area (Å²) >= 11 is 1.93. The van der Waals surface area contributed by atoms with E-state index in [0.29, 0.717) is 10.8 Å². The van der Waals surface area contributed by atoms with E-state index in [4.69, 9.17) is 4.98 Å². The maximum absolute atomic E-state index is 4.79. The van der Waals surface area contributed by atoms with Gasteiger partial charge in [0.1, 0.15) is 0 Å². The summed E-state index contributed by atoms with van der Waals surface area (Å²) in [5, 5.41) is 2.82. The van der Waals surface area contributed by atoms with Gasteiger partial charge in [0.05, 0.1) is 10.4 Å². The van der Waals surface area contributed by atoms with Crippen LogP contribution < -0.4 is 0 Å². The highest BCUT2D eigenvalue weighted by molar-refractivity contribution is 7.26. The number of aromatic nitrogens is 1. The molecule has 0 saturated heterocycles. The van der Waals surface area contributed by atoms with Gasteiger partial charge in [-0.1, -0.05) is 58.0 Å². The second-order valence-corrected chi connectivity index (χ2v) is 11.1. The number of thiophene rings is 1. The lowest BCUT2D eigenvalue weighted by Gasteiger charge is -2.47. The van der Waals surface area contributed by atoms with Crippen molar-refractivity contribution in [1.29, 1.82) is 0 Å². The number of pyridine rings is 1. The summed E-state index contributed by atoms with van der Waals surface area (Å²) < 4.78 is 2.78. The average Bonchev–Trinajstić information content (AvgIpc) is 3.08. The number of aryl methyl sites for hydroxylation is 2. The first-order valence-electron chi connectivity index (χ1n) is 10.6. The van der Waals surface area contributed by atoms with Gasteiger partial charge < -0.3 is 0 Å². The Morgan fingerprint density at radius 3 is 2.07 bits per heavy atom. The molecule has 5 rings (SSSR count). The average molecular weight is 400 g/mol. The molecule has 2 aromatic heterocycles. The van der Waals surface area contributed by atoms with Crippen molar-refractivity contribution < 1.29 is 0 Å². The zero-order chi connectivity index (χ0) is 20.6. The van der Waals surface area contributed by atoms with E-state index in [0.717, 1.165) is 18.5 Å². The topological polar surface area (TPSA) is 12.9 Å². The Morgan fingerprint density at radius 2 is 1.41 bits per heavy atom. The van der Waals surface area contributed by atoms with Gasteiger partial charge in [-0.05, 0) is 65.8 Å². The highest BCUT2D eigenvalue weighted by Gasteiger charge is 2.42. The van der Waals surface area contributed by atoms with Crippen molar-refractivity contribution in [2.24, 2.45) is 10.8 Å². The van der Waals surface area contributed by atoms with Crippen molar-refractivity contribution in [2.75, 3.05) is 0 Å². The second-order valence-electron chi connectivity index (χ2n) is 10.0. The highest BCUT2D eigenvalue weighted by atomic mass is 32.1. The predicted molar refractivity (Wildman–Crippen MR) is 127 cm³/mol. The summed E-state index contributed by atoms with van der Waals surface area (Å²) in [5.41, 5.74) is 9.09. The van der Waals surface area contributed by atoms with Crippen LogP contribution in [0.5, 0.6) is 0 Å². The zero-order valence-corrected chi connectivity index (χ0v) is 19.1. The fourth-order valence-electron chi connectivity index (χ4n) is 5.04. The number of fused-ring (bicyclic) bond motifs is 4. The molecular weight excluding hydrogens is 370 g/mol.